The van der Waals surface area contributed by atoms with Crippen molar-refractivity contribution in [2.75, 3.05) is 0 Å². The lowest BCUT2D eigenvalue weighted by Gasteiger charge is -2.05. The van der Waals surface area contributed by atoms with Gasteiger partial charge in [0.15, 0.2) is 0 Å². The fourth-order valence-corrected chi connectivity index (χ4v) is 1.61. The van der Waals surface area contributed by atoms with Crippen LogP contribution in [0.5, 0.6) is 0 Å². The summed E-state index contributed by atoms with van der Waals surface area (Å²) in [4.78, 5) is 8.75. The summed E-state index contributed by atoms with van der Waals surface area (Å²) in [5, 5.41) is 0. The predicted molar refractivity (Wildman–Crippen MR) is 66.3 cm³/mol. The molecule has 0 N–H and O–H groups in total. The van der Waals surface area contributed by atoms with Crippen LogP contribution in [0.1, 0.15) is 31.2 Å². The summed E-state index contributed by atoms with van der Waals surface area (Å²) in [7, 11) is 0. The Kier molecular flexibility index (Phi) is 3.00. The van der Waals surface area contributed by atoms with E-state index in [0.717, 1.165) is 11.4 Å². The molecule has 2 rings (SSSR count). The van der Waals surface area contributed by atoms with Crippen LogP contribution in [-0.4, -0.2) is 9.97 Å². The van der Waals surface area contributed by atoms with Gasteiger partial charge < -0.3 is 0 Å². The molecule has 0 aliphatic rings. The van der Waals surface area contributed by atoms with E-state index in [0.29, 0.717) is 5.92 Å². The van der Waals surface area contributed by atoms with Gasteiger partial charge in [0, 0.05) is 23.9 Å². The van der Waals surface area contributed by atoms with Crippen LogP contribution in [0.15, 0.2) is 36.7 Å². The maximum Gasteiger partial charge on any atom is 0.130 e. The second kappa shape index (κ2) is 4.44. The van der Waals surface area contributed by atoms with Crippen LogP contribution in [0, 0.1) is 6.92 Å². The molecule has 0 saturated carbocycles. The molecule has 0 radical (unpaired) electrons. The standard InChI is InChI=1S/C14H16N2/c1-10(2)14-15-8-13(9-16-14)12-6-4-5-11(3)7-12/h4-10H,1-3H3. The lowest BCUT2D eigenvalue weighted by molar-refractivity contribution is 0.775. The molecule has 0 fully saturated rings. The van der Waals surface area contributed by atoms with Gasteiger partial charge in [-0.15, -0.1) is 0 Å². The van der Waals surface area contributed by atoms with Crippen molar-refractivity contribution in [3.05, 3.63) is 48.0 Å². The molecule has 0 amide bonds. The topological polar surface area (TPSA) is 25.8 Å². The van der Waals surface area contributed by atoms with Gasteiger partial charge in [-0.3, -0.25) is 0 Å². The molecule has 0 spiro atoms. The van der Waals surface area contributed by atoms with Gasteiger partial charge in [-0.05, 0) is 12.5 Å². The molecular weight excluding hydrogens is 196 g/mol. The Morgan fingerprint density at radius 1 is 1.00 bits per heavy atom. The average molecular weight is 212 g/mol. The maximum absolute atomic E-state index is 4.37. The molecule has 0 unspecified atom stereocenters. The summed E-state index contributed by atoms with van der Waals surface area (Å²) < 4.78 is 0. The van der Waals surface area contributed by atoms with E-state index in [1.165, 1.54) is 11.1 Å². The number of benzene rings is 1. The van der Waals surface area contributed by atoms with Crippen molar-refractivity contribution in [2.45, 2.75) is 26.7 Å². The largest absolute Gasteiger partial charge is 0.240 e. The quantitative estimate of drug-likeness (QED) is 0.760. The van der Waals surface area contributed by atoms with Crippen molar-refractivity contribution in [1.29, 1.82) is 0 Å². The third-order valence-corrected chi connectivity index (χ3v) is 2.54. The molecule has 82 valence electrons. The van der Waals surface area contributed by atoms with Crippen molar-refractivity contribution in [3.63, 3.8) is 0 Å². The van der Waals surface area contributed by atoms with Gasteiger partial charge in [-0.25, -0.2) is 9.97 Å². The van der Waals surface area contributed by atoms with E-state index in [-0.39, 0.29) is 0 Å². The van der Waals surface area contributed by atoms with E-state index in [4.69, 9.17) is 0 Å². The maximum atomic E-state index is 4.37. The smallest absolute Gasteiger partial charge is 0.130 e. The Morgan fingerprint density at radius 3 is 2.25 bits per heavy atom. The summed E-state index contributed by atoms with van der Waals surface area (Å²) >= 11 is 0. The first-order valence-corrected chi connectivity index (χ1v) is 5.56. The van der Waals surface area contributed by atoms with Crippen molar-refractivity contribution < 1.29 is 0 Å². The van der Waals surface area contributed by atoms with Crippen molar-refractivity contribution in [2.24, 2.45) is 0 Å². The minimum absolute atomic E-state index is 0.381. The lowest BCUT2D eigenvalue weighted by Crippen LogP contribution is -1.96. The molecule has 2 nitrogen and oxygen atoms in total. The molecule has 1 aromatic heterocycles. The van der Waals surface area contributed by atoms with Crippen LogP contribution in [0.25, 0.3) is 11.1 Å². The minimum atomic E-state index is 0.381. The Balaban J connectivity index is 2.35. The van der Waals surface area contributed by atoms with E-state index in [2.05, 4.69) is 55.0 Å². The zero-order valence-electron chi connectivity index (χ0n) is 9.94. The molecule has 0 atom stereocenters. The van der Waals surface area contributed by atoms with Crippen LogP contribution in [0.2, 0.25) is 0 Å². The van der Waals surface area contributed by atoms with Gasteiger partial charge in [0.2, 0.25) is 0 Å². The Bertz CT molecular complexity index is 472. The highest BCUT2D eigenvalue weighted by molar-refractivity contribution is 5.62. The second-order valence-corrected chi connectivity index (χ2v) is 4.35. The lowest BCUT2D eigenvalue weighted by atomic mass is 10.1. The number of aryl methyl sites for hydroxylation is 1. The first-order chi connectivity index (χ1) is 7.66. The molecule has 2 aromatic rings. The number of nitrogens with zero attached hydrogens (tertiary/aromatic N) is 2. The van der Waals surface area contributed by atoms with E-state index in [9.17, 15) is 0 Å². The van der Waals surface area contributed by atoms with Crippen molar-refractivity contribution in [1.82, 2.24) is 9.97 Å². The highest BCUT2D eigenvalue weighted by Gasteiger charge is 2.03. The van der Waals surface area contributed by atoms with Gasteiger partial charge in [-0.2, -0.15) is 0 Å². The Hall–Kier alpha value is -1.70. The van der Waals surface area contributed by atoms with Crippen LogP contribution >= 0.6 is 0 Å². The summed E-state index contributed by atoms with van der Waals surface area (Å²) in [6.07, 6.45) is 3.80. The van der Waals surface area contributed by atoms with Crippen molar-refractivity contribution in [3.8, 4) is 11.1 Å². The summed E-state index contributed by atoms with van der Waals surface area (Å²) in [5.74, 6) is 1.28. The Morgan fingerprint density at radius 2 is 1.69 bits per heavy atom. The molecule has 1 heterocycles. The summed E-state index contributed by atoms with van der Waals surface area (Å²) in [5.41, 5.74) is 3.51. The molecule has 0 saturated heterocycles. The van der Waals surface area contributed by atoms with Crippen LogP contribution in [0.3, 0.4) is 0 Å². The molecule has 0 aliphatic carbocycles. The zero-order valence-corrected chi connectivity index (χ0v) is 9.94. The second-order valence-electron chi connectivity index (χ2n) is 4.35. The first-order valence-electron chi connectivity index (χ1n) is 5.56. The van der Waals surface area contributed by atoms with Gasteiger partial charge in [0.1, 0.15) is 5.82 Å². The fraction of sp³-hybridized carbons (Fsp3) is 0.286. The highest BCUT2D eigenvalue weighted by Crippen LogP contribution is 2.19. The molecule has 16 heavy (non-hydrogen) atoms. The average Bonchev–Trinajstić information content (AvgIpc) is 2.29. The number of rotatable bonds is 2. The molecule has 2 heteroatoms. The van der Waals surface area contributed by atoms with E-state index in [1.54, 1.807) is 0 Å². The third-order valence-electron chi connectivity index (χ3n) is 2.54. The number of aromatic nitrogens is 2. The predicted octanol–water partition coefficient (Wildman–Crippen LogP) is 3.58. The number of hydrogen-bond acceptors (Lipinski definition) is 2. The van der Waals surface area contributed by atoms with Crippen LogP contribution in [-0.2, 0) is 0 Å². The van der Waals surface area contributed by atoms with Gasteiger partial charge in [-0.1, -0.05) is 43.7 Å². The molecular formula is C14H16N2. The fourth-order valence-electron chi connectivity index (χ4n) is 1.61. The number of hydrogen-bond donors (Lipinski definition) is 0. The van der Waals surface area contributed by atoms with E-state index in [1.807, 2.05) is 12.4 Å². The summed E-state index contributed by atoms with van der Waals surface area (Å²) in [6.45, 7) is 6.29. The van der Waals surface area contributed by atoms with Gasteiger partial charge >= 0.3 is 0 Å². The highest BCUT2D eigenvalue weighted by atomic mass is 14.9. The van der Waals surface area contributed by atoms with Gasteiger partial charge in [0.25, 0.3) is 0 Å². The van der Waals surface area contributed by atoms with Crippen molar-refractivity contribution >= 4 is 0 Å². The van der Waals surface area contributed by atoms with E-state index < -0.39 is 0 Å². The molecule has 0 bridgehead atoms. The van der Waals surface area contributed by atoms with Gasteiger partial charge in [0.05, 0.1) is 0 Å². The third kappa shape index (κ3) is 2.27. The molecule has 0 aliphatic heterocycles. The monoisotopic (exact) mass is 212 g/mol. The molecule has 1 aromatic carbocycles. The summed E-state index contributed by atoms with van der Waals surface area (Å²) in [6, 6.07) is 8.38. The SMILES string of the molecule is Cc1cccc(-c2cnc(C(C)C)nc2)c1. The minimum Gasteiger partial charge on any atom is -0.240 e. The zero-order chi connectivity index (χ0) is 11.5. The van der Waals surface area contributed by atoms with Crippen LogP contribution in [0.4, 0.5) is 0 Å². The van der Waals surface area contributed by atoms with Crippen LogP contribution < -0.4 is 0 Å². The Labute approximate surface area is 96.4 Å². The van der Waals surface area contributed by atoms with E-state index >= 15 is 0 Å². The first kappa shape index (κ1) is 10.8. The normalized spacial score (nSPS) is 10.8.